The number of hydrogen-bond acceptors (Lipinski definition) is 4. The molecule has 0 unspecified atom stereocenters. The van der Waals surface area contributed by atoms with Crippen LogP contribution in [0.15, 0.2) is 66.7 Å². The van der Waals surface area contributed by atoms with Gasteiger partial charge < -0.3 is 15.4 Å². The number of nitrogens with zero attached hydrogens (tertiary/aromatic N) is 1. The fourth-order valence-corrected chi connectivity index (χ4v) is 2.76. The quantitative estimate of drug-likeness (QED) is 0.641. The normalized spacial score (nSPS) is 10.3. The average molecular weight is 389 g/mol. The first kappa shape index (κ1) is 20.1. The highest BCUT2D eigenvalue weighted by Gasteiger charge is 2.13. The minimum Gasteiger partial charge on any atom is -0.494 e. The molecule has 0 fully saturated rings. The number of amides is 2. The van der Waals surface area contributed by atoms with Gasteiger partial charge in [-0.15, -0.1) is 0 Å². The fourth-order valence-electron chi connectivity index (χ4n) is 2.76. The predicted octanol–water partition coefficient (Wildman–Crippen LogP) is 3.97. The summed E-state index contributed by atoms with van der Waals surface area (Å²) in [5.74, 6) is 0.0163. The molecule has 6 nitrogen and oxygen atoms in total. The van der Waals surface area contributed by atoms with E-state index in [4.69, 9.17) is 4.74 Å². The third kappa shape index (κ3) is 5.42. The van der Waals surface area contributed by atoms with Crippen molar-refractivity contribution in [2.45, 2.75) is 20.4 Å². The number of benzene rings is 2. The van der Waals surface area contributed by atoms with E-state index in [9.17, 15) is 9.59 Å². The molecule has 0 radical (unpaired) electrons. The van der Waals surface area contributed by atoms with E-state index in [-0.39, 0.29) is 23.2 Å². The van der Waals surface area contributed by atoms with Crippen molar-refractivity contribution in [3.05, 3.63) is 89.2 Å². The smallest absolute Gasteiger partial charge is 0.274 e. The van der Waals surface area contributed by atoms with Gasteiger partial charge in [0.15, 0.2) is 0 Å². The van der Waals surface area contributed by atoms with Crippen molar-refractivity contribution >= 4 is 17.5 Å². The molecule has 0 saturated heterocycles. The van der Waals surface area contributed by atoms with E-state index in [1.54, 1.807) is 42.5 Å². The number of hydrogen-bond donors (Lipinski definition) is 2. The number of aromatic nitrogens is 1. The van der Waals surface area contributed by atoms with Crippen LogP contribution in [0, 0.1) is 6.92 Å². The number of carbonyl (C=O) groups excluding carboxylic acids is 2. The van der Waals surface area contributed by atoms with Crippen LogP contribution in [-0.2, 0) is 6.54 Å². The summed E-state index contributed by atoms with van der Waals surface area (Å²) < 4.78 is 5.39. The number of pyridine rings is 1. The van der Waals surface area contributed by atoms with Crippen LogP contribution in [-0.4, -0.2) is 23.4 Å². The molecule has 2 aromatic carbocycles. The number of rotatable bonds is 7. The van der Waals surface area contributed by atoms with Gasteiger partial charge in [-0.2, -0.15) is 0 Å². The average Bonchev–Trinajstić information content (AvgIpc) is 2.74. The van der Waals surface area contributed by atoms with Crippen LogP contribution in [0.3, 0.4) is 0 Å². The van der Waals surface area contributed by atoms with E-state index in [1.165, 1.54) is 0 Å². The maximum atomic E-state index is 12.5. The molecule has 148 valence electrons. The highest BCUT2D eigenvalue weighted by molar-refractivity contribution is 6.03. The lowest BCUT2D eigenvalue weighted by Gasteiger charge is -2.09. The zero-order valence-corrected chi connectivity index (χ0v) is 16.4. The molecule has 29 heavy (non-hydrogen) atoms. The number of nitrogens with one attached hydrogen (secondary N) is 2. The molecule has 0 atom stereocenters. The topological polar surface area (TPSA) is 80.3 Å². The molecule has 3 aromatic rings. The van der Waals surface area contributed by atoms with Crippen LogP contribution in [0.25, 0.3) is 0 Å². The van der Waals surface area contributed by atoms with Gasteiger partial charge in [0.1, 0.15) is 17.1 Å². The van der Waals surface area contributed by atoms with Crippen LogP contribution in [0.1, 0.15) is 39.0 Å². The lowest BCUT2D eigenvalue weighted by atomic mass is 10.1. The van der Waals surface area contributed by atoms with Crippen molar-refractivity contribution in [3.63, 3.8) is 0 Å². The van der Waals surface area contributed by atoms with Crippen molar-refractivity contribution in [1.29, 1.82) is 0 Å². The molecule has 1 aromatic heterocycles. The first-order valence-corrected chi connectivity index (χ1v) is 9.41. The van der Waals surface area contributed by atoms with Crippen LogP contribution < -0.4 is 15.4 Å². The minimum atomic E-state index is -0.386. The standard InChI is InChI=1S/C23H23N3O3/c1-3-29-19-13-11-18(12-14-19)25-23(28)21-10-6-9-20(26-21)22(27)24-15-17-8-5-4-7-16(17)2/h4-14H,3,15H2,1-2H3,(H,24,27)(H,25,28). The molecule has 0 saturated carbocycles. The zero-order chi connectivity index (χ0) is 20.6. The van der Waals surface area contributed by atoms with E-state index in [0.29, 0.717) is 18.8 Å². The molecular weight excluding hydrogens is 366 g/mol. The van der Waals surface area contributed by atoms with E-state index < -0.39 is 0 Å². The summed E-state index contributed by atoms with van der Waals surface area (Å²) in [4.78, 5) is 29.1. The van der Waals surface area contributed by atoms with Crippen molar-refractivity contribution in [1.82, 2.24) is 10.3 Å². The van der Waals surface area contributed by atoms with Crippen molar-refractivity contribution in [2.24, 2.45) is 0 Å². The van der Waals surface area contributed by atoms with E-state index in [1.807, 2.05) is 38.1 Å². The predicted molar refractivity (Wildman–Crippen MR) is 112 cm³/mol. The Morgan fingerprint density at radius 1 is 0.897 bits per heavy atom. The Hall–Kier alpha value is -3.67. The Kier molecular flexibility index (Phi) is 6.58. The second kappa shape index (κ2) is 9.50. The molecule has 0 spiro atoms. The minimum absolute atomic E-state index is 0.169. The van der Waals surface area contributed by atoms with Gasteiger partial charge in [0.2, 0.25) is 0 Å². The summed E-state index contributed by atoms with van der Waals surface area (Å²) in [7, 11) is 0. The SMILES string of the molecule is CCOc1ccc(NC(=O)c2cccc(C(=O)NCc3ccccc3C)n2)cc1. The van der Waals surface area contributed by atoms with Crippen molar-refractivity contribution in [2.75, 3.05) is 11.9 Å². The Morgan fingerprint density at radius 3 is 2.28 bits per heavy atom. The van der Waals surface area contributed by atoms with Gasteiger partial charge in [0.25, 0.3) is 11.8 Å². The Morgan fingerprint density at radius 2 is 1.59 bits per heavy atom. The second-order valence-corrected chi connectivity index (χ2v) is 6.43. The van der Waals surface area contributed by atoms with Gasteiger partial charge in [-0.1, -0.05) is 30.3 Å². The third-order valence-electron chi connectivity index (χ3n) is 4.34. The van der Waals surface area contributed by atoms with E-state index in [0.717, 1.165) is 16.9 Å². The molecule has 2 N–H and O–H groups in total. The molecular formula is C23H23N3O3. The van der Waals surface area contributed by atoms with Crippen LogP contribution in [0.4, 0.5) is 5.69 Å². The highest BCUT2D eigenvalue weighted by Crippen LogP contribution is 2.16. The molecule has 6 heteroatoms. The molecule has 0 bridgehead atoms. The number of aryl methyl sites for hydroxylation is 1. The van der Waals surface area contributed by atoms with Gasteiger partial charge in [0, 0.05) is 12.2 Å². The Bertz CT molecular complexity index is 1000. The van der Waals surface area contributed by atoms with Crippen LogP contribution >= 0.6 is 0 Å². The zero-order valence-electron chi connectivity index (χ0n) is 16.4. The van der Waals surface area contributed by atoms with Gasteiger partial charge in [-0.3, -0.25) is 9.59 Å². The largest absolute Gasteiger partial charge is 0.494 e. The van der Waals surface area contributed by atoms with Gasteiger partial charge >= 0.3 is 0 Å². The number of anilines is 1. The molecule has 0 aliphatic rings. The van der Waals surface area contributed by atoms with Crippen LogP contribution in [0.2, 0.25) is 0 Å². The van der Waals surface area contributed by atoms with Gasteiger partial charge in [0.05, 0.1) is 6.61 Å². The molecule has 1 heterocycles. The number of ether oxygens (including phenoxy) is 1. The van der Waals surface area contributed by atoms with Crippen molar-refractivity contribution < 1.29 is 14.3 Å². The highest BCUT2D eigenvalue weighted by atomic mass is 16.5. The van der Waals surface area contributed by atoms with E-state index >= 15 is 0 Å². The molecule has 0 aliphatic heterocycles. The molecule has 0 aliphatic carbocycles. The summed E-state index contributed by atoms with van der Waals surface area (Å²) in [5.41, 5.74) is 3.12. The summed E-state index contributed by atoms with van der Waals surface area (Å²) in [6.07, 6.45) is 0. The summed E-state index contributed by atoms with van der Waals surface area (Å²) in [5, 5.41) is 5.61. The molecule has 3 rings (SSSR count). The van der Waals surface area contributed by atoms with Crippen LogP contribution in [0.5, 0.6) is 5.75 Å². The lowest BCUT2D eigenvalue weighted by molar-refractivity contribution is 0.0945. The Balaban J connectivity index is 1.64. The van der Waals surface area contributed by atoms with Crippen molar-refractivity contribution in [3.8, 4) is 5.75 Å². The second-order valence-electron chi connectivity index (χ2n) is 6.43. The van der Waals surface area contributed by atoms with Gasteiger partial charge in [-0.25, -0.2) is 4.98 Å². The van der Waals surface area contributed by atoms with Gasteiger partial charge in [-0.05, 0) is 61.4 Å². The maximum absolute atomic E-state index is 12.5. The maximum Gasteiger partial charge on any atom is 0.274 e. The number of carbonyl (C=O) groups is 2. The monoisotopic (exact) mass is 389 g/mol. The van der Waals surface area contributed by atoms with E-state index in [2.05, 4.69) is 15.6 Å². The first-order valence-electron chi connectivity index (χ1n) is 9.41. The lowest BCUT2D eigenvalue weighted by Crippen LogP contribution is -2.25. The first-order chi connectivity index (χ1) is 14.1. The summed E-state index contributed by atoms with van der Waals surface area (Å²) >= 11 is 0. The Labute approximate surface area is 169 Å². The molecule has 2 amide bonds. The summed E-state index contributed by atoms with van der Waals surface area (Å²) in [6.45, 7) is 4.88. The third-order valence-corrected chi connectivity index (χ3v) is 4.34. The summed E-state index contributed by atoms with van der Waals surface area (Å²) in [6, 6.07) is 19.7. The fraction of sp³-hybridized carbons (Fsp3) is 0.174.